The largest absolute Gasteiger partial charge is 0.573 e. The van der Waals surface area contributed by atoms with Crippen molar-refractivity contribution in [3.8, 4) is 5.75 Å². The van der Waals surface area contributed by atoms with E-state index >= 15 is 0 Å². The molecular formula is C21H27F3N4O4. The molecule has 32 heavy (non-hydrogen) atoms. The quantitative estimate of drug-likeness (QED) is 0.685. The smallest absolute Gasteiger partial charge is 0.406 e. The second-order valence-corrected chi connectivity index (χ2v) is 8.39. The van der Waals surface area contributed by atoms with Gasteiger partial charge >= 0.3 is 6.36 Å². The van der Waals surface area contributed by atoms with E-state index < -0.39 is 18.8 Å². The molecule has 0 spiro atoms. The van der Waals surface area contributed by atoms with Crippen LogP contribution in [0.15, 0.2) is 28.8 Å². The lowest BCUT2D eigenvalue weighted by Crippen LogP contribution is -2.52. The summed E-state index contributed by atoms with van der Waals surface area (Å²) >= 11 is 0. The molecule has 0 aliphatic carbocycles. The van der Waals surface area contributed by atoms with Crippen LogP contribution in [0.25, 0.3) is 0 Å². The number of aryl methyl sites for hydroxylation is 1. The van der Waals surface area contributed by atoms with Crippen molar-refractivity contribution in [2.45, 2.75) is 56.8 Å². The van der Waals surface area contributed by atoms with Crippen LogP contribution in [0, 0.1) is 0 Å². The van der Waals surface area contributed by atoms with E-state index in [0.29, 0.717) is 57.2 Å². The van der Waals surface area contributed by atoms with Gasteiger partial charge in [0.2, 0.25) is 5.89 Å². The highest BCUT2D eigenvalue weighted by Crippen LogP contribution is 2.37. The molecule has 2 aliphatic heterocycles. The molecule has 1 aromatic heterocycles. The number of piperidine rings is 1. The number of nitrogens with zero attached hydrogens (tertiary/aromatic N) is 4. The zero-order valence-corrected chi connectivity index (χ0v) is 17.7. The number of halogens is 3. The number of hydrogen-bond acceptors (Lipinski definition) is 8. The van der Waals surface area contributed by atoms with Gasteiger partial charge in [-0.2, -0.15) is 4.98 Å². The Labute approximate surface area is 183 Å². The monoisotopic (exact) mass is 456 g/mol. The van der Waals surface area contributed by atoms with Gasteiger partial charge in [-0.25, -0.2) is 0 Å². The number of aliphatic hydroxyl groups excluding tert-OH is 2. The molecule has 0 radical (unpaired) electrons. The summed E-state index contributed by atoms with van der Waals surface area (Å²) in [6.45, 7) is 3.89. The van der Waals surface area contributed by atoms with Crippen LogP contribution in [0.1, 0.15) is 48.9 Å². The molecule has 4 atom stereocenters. The van der Waals surface area contributed by atoms with E-state index in [1.165, 1.54) is 12.1 Å². The fourth-order valence-corrected chi connectivity index (χ4v) is 4.47. The summed E-state index contributed by atoms with van der Waals surface area (Å²) < 4.78 is 46.9. The lowest BCUT2D eigenvalue weighted by atomic mass is 9.84. The summed E-state index contributed by atoms with van der Waals surface area (Å²) in [4.78, 5) is 8.16. The molecule has 176 valence electrons. The van der Waals surface area contributed by atoms with Crippen LogP contribution >= 0.6 is 0 Å². The molecule has 0 amide bonds. The van der Waals surface area contributed by atoms with Crippen molar-refractivity contribution >= 4 is 0 Å². The molecule has 0 bridgehead atoms. The van der Waals surface area contributed by atoms with Gasteiger partial charge in [-0.05, 0) is 36.5 Å². The molecule has 4 unspecified atom stereocenters. The minimum absolute atomic E-state index is 0.0761. The van der Waals surface area contributed by atoms with Crippen molar-refractivity contribution in [1.29, 1.82) is 0 Å². The number of likely N-dealkylation sites (tertiary alicyclic amines) is 2. The van der Waals surface area contributed by atoms with E-state index in [4.69, 9.17) is 4.52 Å². The standard InChI is InChI=1S/C21H27F3N4O4/c1-2-18-25-19(32-26-18)15-9-14(13-3-5-17(6-4-13)31-21(22,23)24)10-28(11-15)20(30)27-8-7-16(29)12-27/h3-6,14-16,20,29-30H,2,7-12H2,1H3. The SMILES string of the molecule is CCc1noc(C2CC(c3ccc(OC(F)(F)F)cc3)CN(C(O)N3CCC(O)C3)C2)n1. The number of rotatable bonds is 6. The van der Waals surface area contributed by atoms with Gasteiger partial charge in [0, 0.05) is 32.6 Å². The predicted molar refractivity (Wildman–Crippen MR) is 107 cm³/mol. The molecule has 4 rings (SSSR count). The lowest BCUT2D eigenvalue weighted by Gasteiger charge is -2.41. The normalized spacial score (nSPS) is 26.4. The van der Waals surface area contributed by atoms with Gasteiger partial charge in [0.15, 0.2) is 12.2 Å². The zero-order chi connectivity index (χ0) is 22.9. The zero-order valence-electron chi connectivity index (χ0n) is 17.7. The van der Waals surface area contributed by atoms with Crippen LogP contribution < -0.4 is 4.74 Å². The van der Waals surface area contributed by atoms with Crippen LogP contribution in [0.4, 0.5) is 13.2 Å². The average Bonchev–Trinajstić information content (AvgIpc) is 3.41. The van der Waals surface area contributed by atoms with Gasteiger partial charge in [-0.3, -0.25) is 9.80 Å². The Kier molecular flexibility index (Phi) is 6.70. The van der Waals surface area contributed by atoms with Crippen LogP contribution in [-0.2, 0) is 6.42 Å². The number of β-amino-alcohol motifs (C(OH)–C–C–N with tert-alkyl or cyclic N) is 1. The molecule has 2 aliphatic rings. The fraction of sp³-hybridized carbons (Fsp3) is 0.619. The summed E-state index contributed by atoms with van der Waals surface area (Å²) in [5.41, 5.74) is 0.832. The van der Waals surface area contributed by atoms with E-state index in [1.54, 1.807) is 12.1 Å². The summed E-state index contributed by atoms with van der Waals surface area (Å²) in [6.07, 6.45) is -4.21. The predicted octanol–water partition coefficient (Wildman–Crippen LogP) is 2.45. The Hall–Kier alpha value is -2.21. The van der Waals surface area contributed by atoms with Crippen LogP contribution in [-0.4, -0.2) is 75.2 Å². The van der Waals surface area contributed by atoms with Gasteiger partial charge in [0.25, 0.3) is 0 Å². The van der Waals surface area contributed by atoms with Crippen LogP contribution in [0.2, 0.25) is 0 Å². The van der Waals surface area contributed by atoms with Crippen molar-refractivity contribution in [3.05, 3.63) is 41.5 Å². The molecule has 0 saturated carbocycles. The van der Waals surface area contributed by atoms with Gasteiger partial charge in [-0.1, -0.05) is 24.2 Å². The summed E-state index contributed by atoms with van der Waals surface area (Å²) in [5.74, 6) is 0.594. The van der Waals surface area contributed by atoms with Crippen molar-refractivity contribution in [2.24, 2.45) is 0 Å². The van der Waals surface area contributed by atoms with Gasteiger partial charge < -0.3 is 19.5 Å². The third-order valence-electron chi connectivity index (χ3n) is 6.06. The van der Waals surface area contributed by atoms with Gasteiger partial charge in [0.05, 0.1) is 12.0 Å². The Balaban J connectivity index is 1.55. The Morgan fingerprint density at radius 2 is 1.88 bits per heavy atom. The van der Waals surface area contributed by atoms with E-state index in [0.717, 1.165) is 5.56 Å². The number of benzene rings is 1. The minimum Gasteiger partial charge on any atom is -0.406 e. The molecule has 2 N–H and O–H groups in total. The first kappa shape index (κ1) is 23.0. The maximum atomic E-state index is 12.5. The third kappa shape index (κ3) is 5.40. The van der Waals surface area contributed by atoms with Gasteiger partial charge in [0.1, 0.15) is 5.75 Å². The number of hydrogen-bond donors (Lipinski definition) is 2. The molecule has 2 saturated heterocycles. The molecule has 1 aromatic carbocycles. The first-order valence-corrected chi connectivity index (χ1v) is 10.7. The second-order valence-electron chi connectivity index (χ2n) is 8.39. The Morgan fingerprint density at radius 1 is 1.16 bits per heavy atom. The summed E-state index contributed by atoms with van der Waals surface area (Å²) in [5, 5.41) is 24.8. The number of aliphatic hydroxyl groups is 2. The Morgan fingerprint density at radius 3 is 2.47 bits per heavy atom. The van der Waals surface area contributed by atoms with Crippen molar-refractivity contribution < 1.29 is 32.6 Å². The first-order chi connectivity index (χ1) is 15.2. The fourth-order valence-electron chi connectivity index (χ4n) is 4.47. The highest BCUT2D eigenvalue weighted by atomic mass is 19.4. The summed E-state index contributed by atoms with van der Waals surface area (Å²) in [7, 11) is 0. The topological polar surface area (TPSA) is 95.1 Å². The second kappa shape index (κ2) is 9.34. The number of aromatic nitrogens is 2. The highest BCUT2D eigenvalue weighted by molar-refractivity contribution is 5.30. The van der Waals surface area contributed by atoms with E-state index in [2.05, 4.69) is 14.9 Å². The Bertz CT molecular complexity index is 892. The molecule has 2 fully saturated rings. The molecule has 8 nitrogen and oxygen atoms in total. The van der Waals surface area contributed by atoms with Crippen LogP contribution in [0.3, 0.4) is 0 Å². The van der Waals surface area contributed by atoms with Crippen molar-refractivity contribution in [3.63, 3.8) is 0 Å². The van der Waals surface area contributed by atoms with Gasteiger partial charge in [-0.15, -0.1) is 13.2 Å². The maximum Gasteiger partial charge on any atom is 0.573 e. The number of ether oxygens (including phenoxy) is 1. The summed E-state index contributed by atoms with van der Waals surface area (Å²) in [6, 6.07) is 5.82. The lowest BCUT2D eigenvalue weighted by molar-refractivity contribution is -0.274. The third-order valence-corrected chi connectivity index (χ3v) is 6.06. The molecule has 2 aromatic rings. The van der Waals surface area contributed by atoms with Crippen molar-refractivity contribution in [1.82, 2.24) is 19.9 Å². The van der Waals surface area contributed by atoms with E-state index in [-0.39, 0.29) is 17.6 Å². The van der Waals surface area contributed by atoms with E-state index in [1.807, 2.05) is 16.7 Å². The van der Waals surface area contributed by atoms with E-state index in [9.17, 15) is 23.4 Å². The van der Waals surface area contributed by atoms with Crippen LogP contribution in [0.5, 0.6) is 5.75 Å². The maximum absolute atomic E-state index is 12.5. The first-order valence-electron chi connectivity index (χ1n) is 10.7. The minimum atomic E-state index is -4.74. The van der Waals surface area contributed by atoms with Crippen molar-refractivity contribution in [2.75, 3.05) is 26.2 Å². The average molecular weight is 456 g/mol. The molecular weight excluding hydrogens is 429 g/mol. The molecule has 11 heteroatoms. The number of alkyl halides is 3. The highest BCUT2D eigenvalue weighted by Gasteiger charge is 2.38. The molecule has 3 heterocycles.